The summed E-state index contributed by atoms with van der Waals surface area (Å²) in [5, 5.41) is 25.2. The summed E-state index contributed by atoms with van der Waals surface area (Å²) in [5.74, 6) is 0.376. The molecular weight excluding hydrogens is 190 g/mol. The maximum Gasteiger partial charge on any atom is 0.178 e. The zero-order valence-corrected chi connectivity index (χ0v) is 7.62. The van der Waals surface area contributed by atoms with E-state index in [0.29, 0.717) is 17.1 Å². The summed E-state index contributed by atoms with van der Waals surface area (Å²) in [4.78, 5) is 0. The van der Waals surface area contributed by atoms with Gasteiger partial charge in [-0.2, -0.15) is 15.6 Å². The van der Waals surface area contributed by atoms with E-state index in [1.807, 2.05) is 12.1 Å². The molecule has 0 bridgehead atoms. The highest BCUT2D eigenvalue weighted by atomic mass is 15.2. The van der Waals surface area contributed by atoms with Crippen LogP contribution < -0.4 is 0 Å². The number of hydrogen-bond acceptors (Lipinski definition) is 4. The Morgan fingerprint density at radius 3 is 2.80 bits per heavy atom. The summed E-state index contributed by atoms with van der Waals surface area (Å²) in [6.45, 7) is 0. The first-order chi connectivity index (χ1) is 7.36. The van der Waals surface area contributed by atoms with Gasteiger partial charge >= 0.3 is 0 Å². The van der Waals surface area contributed by atoms with Gasteiger partial charge in [0.2, 0.25) is 0 Å². The molecule has 2 aromatic heterocycles. The molecule has 0 fully saturated rings. The Morgan fingerprint density at radius 2 is 2.07 bits per heavy atom. The van der Waals surface area contributed by atoms with Crippen LogP contribution in [0.5, 0.6) is 0 Å². The molecule has 0 atom stereocenters. The SMILES string of the molecule is N#Cc1ccnnc1-n1cccc1C#N. The topological polar surface area (TPSA) is 78.3 Å². The largest absolute Gasteiger partial charge is 0.290 e. The highest BCUT2D eigenvalue weighted by Crippen LogP contribution is 2.12. The fraction of sp³-hybridized carbons (Fsp3) is 0. The van der Waals surface area contributed by atoms with Crippen LogP contribution in [-0.4, -0.2) is 14.8 Å². The molecule has 0 saturated carbocycles. The first-order valence-corrected chi connectivity index (χ1v) is 4.16. The van der Waals surface area contributed by atoms with Crippen molar-refractivity contribution in [3.8, 4) is 18.0 Å². The van der Waals surface area contributed by atoms with Crippen LogP contribution in [0.2, 0.25) is 0 Å². The third-order valence-electron chi connectivity index (χ3n) is 1.91. The van der Waals surface area contributed by atoms with Gasteiger partial charge in [0.1, 0.15) is 17.8 Å². The van der Waals surface area contributed by atoms with E-state index in [4.69, 9.17) is 10.5 Å². The number of hydrogen-bond donors (Lipinski definition) is 0. The second-order valence-electron chi connectivity index (χ2n) is 2.76. The normalized spacial score (nSPS) is 9.20. The minimum absolute atomic E-state index is 0.376. The Kier molecular flexibility index (Phi) is 2.14. The second kappa shape index (κ2) is 3.60. The Morgan fingerprint density at radius 1 is 1.20 bits per heavy atom. The highest BCUT2D eigenvalue weighted by Gasteiger charge is 2.08. The van der Waals surface area contributed by atoms with Crippen LogP contribution in [0.1, 0.15) is 11.3 Å². The van der Waals surface area contributed by atoms with E-state index in [9.17, 15) is 0 Å². The van der Waals surface area contributed by atoms with Crippen molar-refractivity contribution in [2.75, 3.05) is 0 Å². The molecule has 0 N–H and O–H groups in total. The van der Waals surface area contributed by atoms with Crippen LogP contribution >= 0.6 is 0 Å². The number of nitrogens with zero attached hydrogens (tertiary/aromatic N) is 5. The molecule has 15 heavy (non-hydrogen) atoms. The number of nitriles is 2. The van der Waals surface area contributed by atoms with Gasteiger partial charge in [0.25, 0.3) is 0 Å². The first kappa shape index (κ1) is 8.92. The average Bonchev–Trinajstić information content (AvgIpc) is 2.76. The highest BCUT2D eigenvalue weighted by molar-refractivity contribution is 5.45. The quantitative estimate of drug-likeness (QED) is 0.680. The van der Waals surface area contributed by atoms with Crippen LogP contribution in [-0.2, 0) is 0 Å². The van der Waals surface area contributed by atoms with Crippen LogP contribution in [0, 0.1) is 22.7 Å². The minimum Gasteiger partial charge on any atom is -0.290 e. The Hall–Kier alpha value is -2.66. The smallest absolute Gasteiger partial charge is 0.178 e. The predicted molar refractivity (Wildman–Crippen MR) is 50.8 cm³/mol. The van der Waals surface area contributed by atoms with E-state index >= 15 is 0 Å². The average molecular weight is 195 g/mol. The summed E-state index contributed by atoms with van der Waals surface area (Å²) in [6, 6.07) is 8.94. The zero-order chi connectivity index (χ0) is 10.7. The Labute approximate surface area is 85.8 Å². The molecule has 5 nitrogen and oxygen atoms in total. The van der Waals surface area contributed by atoms with Gasteiger partial charge < -0.3 is 0 Å². The van der Waals surface area contributed by atoms with E-state index < -0.39 is 0 Å². The molecule has 0 amide bonds. The minimum atomic E-state index is 0.376. The molecule has 70 valence electrons. The van der Waals surface area contributed by atoms with Crippen molar-refractivity contribution in [1.29, 1.82) is 10.5 Å². The maximum absolute atomic E-state index is 8.87. The molecular formula is C10H5N5. The van der Waals surface area contributed by atoms with Crippen molar-refractivity contribution in [2.45, 2.75) is 0 Å². The van der Waals surface area contributed by atoms with Gasteiger partial charge in [-0.3, -0.25) is 4.57 Å². The molecule has 2 aromatic rings. The van der Waals surface area contributed by atoms with Crippen molar-refractivity contribution in [3.05, 3.63) is 41.9 Å². The van der Waals surface area contributed by atoms with Gasteiger partial charge in [0.05, 0.1) is 11.8 Å². The molecule has 2 rings (SSSR count). The summed E-state index contributed by atoms with van der Waals surface area (Å²) in [7, 11) is 0. The number of aromatic nitrogens is 3. The second-order valence-corrected chi connectivity index (χ2v) is 2.76. The molecule has 0 spiro atoms. The van der Waals surface area contributed by atoms with Crippen LogP contribution in [0.3, 0.4) is 0 Å². The van der Waals surface area contributed by atoms with E-state index in [-0.39, 0.29) is 0 Å². The third kappa shape index (κ3) is 1.43. The van der Waals surface area contributed by atoms with E-state index in [1.54, 1.807) is 24.4 Å². The lowest BCUT2D eigenvalue weighted by molar-refractivity contribution is 0.903. The molecule has 0 aliphatic carbocycles. The Balaban J connectivity index is 2.66. The predicted octanol–water partition coefficient (Wildman–Crippen LogP) is 1.01. The first-order valence-electron chi connectivity index (χ1n) is 4.16. The molecule has 0 aromatic carbocycles. The summed E-state index contributed by atoms with van der Waals surface area (Å²) in [6.07, 6.45) is 3.11. The van der Waals surface area contributed by atoms with Crippen LogP contribution in [0.15, 0.2) is 30.6 Å². The van der Waals surface area contributed by atoms with Crippen LogP contribution in [0.25, 0.3) is 5.82 Å². The molecule has 0 saturated heterocycles. The fourth-order valence-corrected chi connectivity index (χ4v) is 1.25. The lowest BCUT2D eigenvalue weighted by Crippen LogP contribution is -2.02. The van der Waals surface area contributed by atoms with Crippen LogP contribution in [0.4, 0.5) is 0 Å². The van der Waals surface area contributed by atoms with Crippen molar-refractivity contribution in [2.24, 2.45) is 0 Å². The van der Waals surface area contributed by atoms with Gasteiger partial charge in [-0.15, -0.1) is 5.10 Å². The summed E-state index contributed by atoms with van der Waals surface area (Å²) in [5.41, 5.74) is 0.810. The van der Waals surface area contributed by atoms with E-state index in [1.165, 1.54) is 10.8 Å². The lowest BCUT2D eigenvalue weighted by Gasteiger charge is -2.03. The zero-order valence-electron chi connectivity index (χ0n) is 7.62. The van der Waals surface area contributed by atoms with Gasteiger partial charge in [0.15, 0.2) is 5.82 Å². The van der Waals surface area contributed by atoms with Crippen molar-refractivity contribution >= 4 is 0 Å². The Bertz CT molecular complexity index is 570. The molecule has 0 radical (unpaired) electrons. The fourth-order valence-electron chi connectivity index (χ4n) is 1.25. The van der Waals surface area contributed by atoms with Crippen molar-refractivity contribution in [3.63, 3.8) is 0 Å². The molecule has 0 aliphatic rings. The monoisotopic (exact) mass is 195 g/mol. The van der Waals surface area contributed by atoms with Crippen molar-refractivity contribution < 1.29 is 0 Å². The van der Waals surface area contributed by atoms with E-state index in [0.717, 1.165) is 0 Å². The molecule has 0 unspecified atom stereocenters. The van der Waals surface area contributed by atoms with E-state index in [2.05, 4.69) is 10.2 Å². The molecule has 2 heterocycles. The molecule has 5 heteroatoms. The van der Waals surface area contributed by atoms with Gasteiger partial charge in [0, 0.05) is 6.20 Å². The third-order valence-corrected chi connectivity index (χ3v) is 1.91. The summed E-state index contributed by atoms with van der Waals surface area (Å²) < 4.78 is 1.53. The van der Waals surface area contributed by atoms with Gasteiger partial charge in [-0.05, 0) is 18.2 Å². The summed E-state index contributed by atoms with van der Waals surface area (Å²) >= 11 is 0. The maximum atomic E-state index is 8.87. The van der Waals surface area contributed by atoms with Crippen molar-refractivity contribution in [1.82, 2.24) is 14.8 Å². The number of rotatable bonds is 1. The van der Waals surface area contributed by atoms with Gasteiger partial charge in [-0.1, -0.05) is 0 Å². The lowest BCUT2D eigenvalue weighted by atomic mass is 10.3. The molecule has 0 aliphatic heterocycles. The van der Waals surface area contributed by atoms with Gasteiger partial charge in [-0.25, -0.2) is 0 Å². The standard InChI is InChI=1S/C10H5N5/c11-6-8-3-4-13-14-10(8)15-5-1-2-9(15)7-12/h1-5H.